The summed E-state index contributed by atoms with van der Waals surface area (Å²) >= 11 is 0. The molecule has 0 unspecified atom stereocenters. The molecule has 0 fully saturated rings. The van der Waals surface area contributed by atoms with Crippen molar-refractivity contribution in [1.29, 1.82) is 0 Å². The lowest BCUT2D eigenvalue weighted by Crippen LogP contribution is -2.35. The van der Waals surface area contributed by atoms with Gasteiger partial charge in [-0.2, -0.15) is 0 Å². The largest absolute Gasteiger partial charge is 0.491 e. The molecular formula is C31H30F2N4O4S. The van der Waals surface area contributed by atoms with Gasteiger partial charge in [0.25, 0.3) is 15.9 Å². The molecule has 0 bridgehead atoms. The quantitative estimate of drug-likeness (QED) is 0.258. The number of amides is 1. The number of hydrogen-bond acceptors (Lipinski definition) is 7. The van der Waals surface area contributed by atoms with Crippen LogP contribution in [-0.4, -0.2) is 51.1 Å². The maximum atomic E-state index is 13.5. The smallest absolute Gasteiger partial charge is 0.264 e. The number of fused-ring (bicyclic) bond motifs is 1. The first kappa shape index (κ1) is 29.0. The highest BCUT2D eigenvalue weighted by molar-refractivity contribution is 7.90. The number of carbonyl (C=O) groups excluding carboxylic acids is 1. The summed E-state index contributed by atoms with van der Waals surface area (Å²) in [6.45, 7) is 1.40. The van der Waals surface area contributed by atoms with Crippen LogP contribution in [0.1, 0.15) is 11.1 Å². The number of carbonyl (C=O) groups is 1. The Labute approximate surface area is 243 Å². The van der Waals surface area contributed by atoms with Crippen LogP contribution < -0.4 is 14.8 Å². The van der Waals surface area contributed by atoms with Crippen LogP contribution >= 0.6 is 0 Å². The van der Waals surface area contributed by atoms with Gasteiger partial charge in [0.1, 0.15) is 5.75 Å². The molecule has 0 atom stereocenters. The summed E-state index contributed by atoms with van der Waals surface area (Å²) in [4.78, 5) is 12.0. The number of anilines is 1. The third-order valence-corrected chi connectivity index (χ3v) is 8.20. The van der Waals surface area contributed by atoms with Crippen molar-refractivity contribution >= 4 is 32.4 Å². The van der Waals surface area contributed by atoms with Crippen molar-refractivity contribution in [2.45, 2.75) is 17.9 Å². The van der Waals surface area contributed by atoms with Gasteiger partial charge in [-0.05, 0) is 52.2 Å². The van der Waals surface area contributed by atoms with Crippen LogP contribution in [0.5, 0.6) is 5.75 Å². The van der Waals surface area contributed by atoms with Crippen LogP contribution in [0.15, 0.2) is 96.0 Å². The molecule has 0 radical (unpaired) electrons. The van der Waals surface area contributed by atoms with E-state index < -0.39 is 39.0 Å². The lowest BCUT2D eigenvalue weighted by Gasteiger charge is -2.25. The summed E-state index contributed by atoms with van der Waals surface area (Å²) in [5, 5.41) is 9.38. The van der Waals surface area contributed by atoms with Gasteiger partial charge >= 0.3 is 0 Å². The molecule has 1 aliphatic rings. The van der Waals surface area contributed by atoms with E-state index in [-0.39, 0.29) is 0 Å². The number of sulfonamides is 1. The number of ether oxygens (including phenoxy) is 1. The molecule has 0 saturated heterocycles. The molecule has 42 heavy (non-hydrogen) atoms. The number of nitrogens with one attached hydrogen (secondary N) is 2. The predicted octanol–water partition coefficient (Wildman–Crippen LogP) is 4.83. The maximum Gasteiger partial charge on any atom is 0.264 e. The zero-order valence-corrected chi connectivity index (χ0v) is 23.7. The summed E-state index contributed by atoms with van der Waals surface area (Å²) in [6.07, 6.45) is 4.72. The molecule has 1 amide bonds. The second-order valence-electron chi connectivity index (χ2n) is 9.89. The average Bonchev–Trinajstić information content (AvgIpc) is 3.37. The van der Waals surface area contributed by atoms with Crippen molar-refractivity contribution < 1.29 is 26.7 Å². The maximum absolute atomic E-state index is 13.5. The fourth-order valence-corrected chi connectivity index (χ4v) is 5.56. The first-order chi connectivity index (χ1) is 20.2. The van der Waals surface area contributed by atoms with E-state index in [0.717, 1.165) is 34.5 Å². The summed E-state index contributed by atoms with van der Waals surface area (Å²) in [5.41, 5.74) is 2.60. The van der Waals surface area contributed by atoms with Gasteiger partial charge in [0, 0.05) is 26.2 Å². The van der Waals surface area contributed by atoms with Crippen molar-refractivity contribution in [3.05, 3.63) is 114 Å². The van der Waals surface area contributed by atoms with E-state index in [1.54, 1.807) is 6.07 Å². The zero-order valence-electron chi connectivity index (χ0n) is 22.9. The second kappa shape index (κ2) is 12.6. The lowest BCUT2D eigenvalue weighted by molar-refractivity contribution is -0.117. The topological polar surface area (TPSA) is 91.0 Å². The highest BCUT2D eigenvalue weighted by Crippen LogP contribution is 2.28. The fourth-order valence-electron chi connectivity index (χ4n) is 4.57. The molecule has 2 N–H and O–H groups in total. The van der Waals surface area contributed by atoms with Gasteiger partial charge in [-0.3, -0.25) is 4.79 Å². The molecule has 1 heterocycles. The Morgan fingerprint density at radius 3 is 2.48 bits per heavy atom. The molecule has 0 saturated carbocycles. The SMILES string of the molecule is CN1CC=CN1Cc1ccc(NCC(=O)NS(=O)(=O)c2ccc(F)c(F)c2)c(OCCc2ccc3ccccc3c2)c1. The molecule has 8 nitrogen and oxygen atoms in total. The third-order valence-electron chi connectivity index (χ3n) is 6.83. The minimum Gasteiger partial charge on any atom is -0.491 e. The number of hydrogen-bond donors (Lipinski definition) is 2. The van der Waals surface area contributed by atoms with Crippen molar-refractivity contribution in [1.82, 2.24) is 14.7 Å². The summed E-state index contributed by atoms with van der Waals surface area (Å²) in [7, 11) is -2.40. The Balaban J connectivity index is 1.27. The lowest BCUT2D eigenvalue weighted by atomic mass is 10.1. The number of nitrogens with zero attached hydrogens (tertiary/aromatic N) is 2. The predicted molar refractivity (Wildman–Crippen MR) is 157 cm³/mol. The highest BCUT2D eigenvalue weighted by atomic mass is 32.2. The third kappa shape index (κ3) is 7.04. The van der Waals surface area contributed by atoms with Gasteiger partial charge < -0.3 is 15.1 Å². The first-order valence-electron chi connectivity index (χ1n) is 13.3. The molecule has 4 aromatic carbocycles. The Bertz CT molecular complexity index is 1750. The molecule has 1 aliphatic heterocycles. The van der Waals surface area contributed by atoms with Gasteiger partial charge in [-0.25, -0.2) is 26.9 Å². The van der Waals surface area contributed by atoms with Crippen molar-refractivity contribution in [2.75, 3.05) is 32.1 Å². The minimum atomic E-state index is -4.39. The van der Waals surface area contributed by atoms with E-state index in [4.69, 9.17) is 4.74 Å². The number of likely N-dealkylation sites (N-methyl/N-ethyl adjacent to an activating group) is 1. The zero-order chi connectivity index (χ0) is 29.7. The van der Waals surface area contributed by atoms with Crippen LogP contribution in [0.25, 0.3) is 10.8 Å². The summed E-state index contributed by atoms with van der Waals surface area (Å²) < 4.78 is 59.8. The van der Waals surface area contributed by atoms with Crippen LogP contribution in [0.3, 0.4) is 0 Å². The van der Waals surface area contributed by atoms with Gasteiger partial charge in [-0.15, -0.1) is 0 Å². The van der Waals surface area contributed by atoms with Crippen LogP contribution in [0.4, 0.5) is 14.5 Å². The van der Waals surface area contributed by atoms with E-state index in [1.807, 2.05) is 42.2 Å². The number of benzene rings is 4. The van der Waals surface area contributed by atoms with Gasteiger partial charge in [0.05, 0.1) is 30.3 Å². The standard InChI is InChI=1S/C31H30F2N4O4S/c1-36-14-4-15-37(36)21-23-8-12-29(34-20-31(38)35-42(39,40)26-10-11-27(32)28(33)19-26)30(18-23)41-16-13-22-7-9-24-5-2-3-6-25(24)17-22/h2-12,15,17-19,34H,13-14,16,20-21H2,1H3,(H,35,38). The Kier molecular flexibility index (Phi) is 8.69. The Hall–Kier alpha value is -4.48. The van der Waals surface area contributed by atoms with Gasteiger partial charge in [0.2, 0.25) is 0 Å². The van der Waals surface area contributed by atoms with Crippen molar-refractivity contribution in [3.8, 4) is 5.75 Å². The van der Waals surface area contributed by atoms with Crippen LogP contribution in [-0.2, 0) is 27.8 Å². The fraction of sp³-hybridized carbons (Fsp3) is 0.194. The molecule has 0 aromatic heterocycles. The summed E-state index contributed by atoms with van der Waals surface area (Å²) in [6, 6.07) is 22.0. The number of rotatable bonds is 11. The second-order valence-corrected chi connectivity index (χ2v) is 11.6. The summed E-state index contributed by atoms with van der Waals surface area (Å²) in [5.74, 6) is -2.89. The van der Waals surface area contributed by atoms with E-state index in [2.05, 4.69) is 51.7 Å². The minimum absolute atomic E-state index is 0.372. The molecule has 0 spiro atoms. The highest BCUT2D eigenvalue weighted by Gasteiger charge is 2.20. The van der Waals surface area contributed by atoms with Crippen molar-refractivity contribution in [2.24, 2.45) is 0 Å². The van der Waals surface area contributed by atoms with Crippen molar-refractivity contribution in [3.63, 3.8) is 0 Å². The number of hydrazine groups is 1. The Morgan fingerprint density at radius 1 is 0.929 bits per heavy atom. The van der Waals surface area contributed by atoms with E-state index in [0.29, 0.717) is 43.1 Å². The van der Waals surface area contributed by atoms with E-state index in [9.17, 15) is 22.0 Å². The van der Waals surface area contributed by atoms with Crippen LogP contribution in [0.2, 0.25) is 0 Å². The van der Waals surface area contributed by atoms with E-state index in [1.165, 1.54) is 0 Å². The van der Waals surface area contributed by atoms with E-state index >= 15 is 0 Å². The number of halogens is 2. The monoisotopic (exact) mass is 592 g/mol. The normalized spacial score (nSPS) is 13.5. The molecule has 218 valence electrons. The molecule has 4 aromatic rings. The van der Waals surface area contributed by atoms with Gasteiger partial charge in [-0.1, -0.05) is 54.6 Å². The molecule has 0 aliphatic carbocycles. The van der Waals surface area contributed by atoms with Crippen LogP contribution in [0, 0.1) is 11.6 Å². The Morgan fingerprint density at radius 2 is 1.71 bits per heavy atom. The van der Waals surface area contributed by atoms with Gasteiger partial charge in [0.15, 0.2) is 11.6 Å². The molecule has 11 heteroatoms. The molecule has 5 rings (SSSR count). The average molecular weight is 593 g/mol. The molecular weight excluding hydrogens is 562 g/mol. The first-order valence-corrected chi connectivity index (χ1v) is 14.8.